The summed E-state index contributed by atoms with van der Waals surface area (Å²) in [5.74, 6) is -0.385. The van der Waals surface area contributed by atoms with E-state index in [0.717, 1.165) is 71.6 Å². The van der Waals surface area contributed by atoms with Gasteiger partial charge in [0.15, 0.2) is 11.6 Å². The molecule has 0 spiro atoms. The lowest BCUT2D eigenvalue weighted by molar-refractivity contribution is 0.0614. The molecule has 64 heavy (non-hydrogen) atoms. The van der Waals surface area contributed by atoms with Crippen molar-refractivity contribution < 1.29 is 27.8 Å². The van der Waals surface area contributed by atoms with E-state index < -0.39 is 18.4 Å². The van der Waals surface area contributed by atoms with E-state index in [4.69, 9.17) is 25.9 Å². The van der Waals surface area contributed by atoms with Gasteiger partial charge in [0.2, 0.25) is 0 Å². The molecular weight excluding hydrogens is 831 g/mol. The zero-order valence-electron chi connectivity index (χ0n) is 36.2. The molecule has 4 N–H and O–H groups in total. The predicted octanol–water partition coefficient (Wildman–Crippen LogP) is 5.01. The Labute approximate surface area is 364 Å². The number of aromatic nitrogens is 14. The summed E-state index contributed by atoms with van der Waals surface area (Å²) in [6.07, 6.45) is 10.6. The van der Waals surface area contributed by atoms with Crippen molar-refractivity contribution in [3.05, 3.63) is 71.8 Å². The lowest BCUT2D eigenvalue weighted by Crippen LogP contribution is -2.14. The third-order valence-electron chi connectivity index (χ3n) is 10.7. The second kappa shape index (κ2) is 17.9. The molecule has 334 valence electrons. The van der Waals surface area contributed by atoms with Gasteiger partial charge in [0.05, 0.1) is 52.2 Å². The summed E-state index contributed by atoms with van der Waals surface area (Å²) in [6, 6.07) is 7.23. The number of hydrogen-bond acceptors (Lipinski definition) is 12. The van der Waals surface area contributed by atoms with Gasteiger partial charge in [0, 0.05) is 77.8 Å². The second-order valence-electron chi connectivity index (χ2n) is 15.6. The summed E-state index contributed by atoms with van der Waals surface area (Å²) in [7, 11) is 7.01. The van der Waals surface area contributed by atoms with Crippen LogP contribution in [0.25, 0.3) is 67.6 Å². The van der Waals surface area contributed by atoms with Crippen LogP contribution in [0.15, 0.2) is 49.1 Å². The normalized spacial score (nSPS) is 12.8. The molecule has 0 saturated heterocycles. The maximum atomic E-state index is 13.4. The fourth-order valence-electron chi connectivity index (χ4n) is 7.62. The Kier molecular flexibility index (Phi) is 12.1. The third kappa shape index (κ3) is 8.60. The highest BCUT2D eigenvalue weighted by molar-refractivity contribution is 6.00. The van der Waals surface area contributed by atoms with Gasteiger partial charge in [-0.05, 0) is 63.8 Å². The van der Waals surface area contributed by atoms with Gasteiger partial charge < -0.3 is 30.1 Å². The van der Waals surface area contributed by atoms with Gasteiger partial charge >= 0.3 is 6.55 Å². The van der Waals surface area contributed by atoms with Gasteiger partial charge in [-0.2, -0.15) is 29.2 Å². The Morgan fingerprint density at radius 1 is 0.719 bits per heavy atom. The minimum atomic E-state index is -2.88. The molecule has 1 saturated carbocycles. The van der Waals surface area contributed by atoms with Crippen LogP contribution in [0.4, 0.5) is 8.78 Å². The lowest BCUT2D eigenvalue weighted by Gasteiger charge is -2.07. The summed E-state index contributed by atoms with van der Waals surface area (Å²) >= 11 is 0. The average Bonchev–Trinajstić information content (AvgIpc) is 3.79. The Morgan fingerprint density at radius 2 is 1.19 bits per heavy atom. The molecule has 0 unspecified atom stereocenters. The minimum absolute atomic E-state index is 0.0452. The van der Waals surface area contributed by atoms with E-state index in [1.807, 2.05) is 57.8 Å². The molecule has 1 aliphatic rings. The van der Waals surface area contributed by atoms with Gasteiger partial charge in [-0.1, -0.05) is 0 Å². The van der Waals surface area contributed by atoms with Crippen LogP contribution in [0.2, 0.25) is 0 Å². The molecule has 0 bridgehead atoms. The van der Waals surface area contributed by atoms with E-state index in [0.29, 0.717) is 58.9 Å². The summed E-state index contributed by atoms with van der Waals surface area (Å²) in [6.45, 7) is 3.61. The number of aryl methyl sites for hydroxylation is 6. The summed E-state index contributed by atoms with van der Waals surface area (Å²) in [4.78, 5) is 42.3. The number of carbonyl (C=O) groups is 2. The van der Waals surface area contributed by atoms with E-state index in [2.05, 4.69) is 35.3 Å². The molecular formula is C42H48F2N16O4. The molecule has 8 aromatic heterocycles. The summed E-state index contributed by atoms with van der Waals surface area (Å²) in [5.41, 5.74) is 17.7. The highest BCUT2D eigenvalue weighted by atomic mass is 19.3. The van der Waals surface area contributed by atoms with E-state index in [1.54, 1.807) is 44.3 Å². The summed E-state index contributed by atoms with van der Waals surface area (Å²) in [5, 5.41) is 18.6. The summed E-state index contributed by atoms with van der Waals surface area (Å²) < 4.78 is 47.0. The highest BCUT2D eigenvalue weighted by Crippen LogP contribution is 2.39. The standard InChI is InChI=1S/C22H26N8O2.C20H22F2N8O2/c1-13-9-19(29(27-13)7-4-8-32-3)17-12-28(2)22(26-17)20-15-11-24-30(14-5-6-14)18(15)10-16(25-20)21(23)31;1-11-7-16(29(27-11)5-4-6-32-3)14-10-28(2)19(26-14)17-12-9-24-30(20(21)22)15(12)8-13(25-17)18(23)31/h9-12,14H,4-8H2,1-3H3,(H2,23,31);7-10,20H,4-6H2,1-3H3,(H2,23,31). The van der Waals surface area contributed by atoms with Crippen LogP contribution in [0.5, 0.6) is 0 Å². The van der Waals surface area contributed by atoms with E-state index in [9.17, 15) is 18.4 Å². The van der Waals surface area contributed by atoms with Gasteiger partial charge in [0.1, 0.15) is 34.2 Å². The Balaban J connectivity index is 0.000000175. The van der Waals surface area contributed by atoms with Crippen molar-refractivity contribution in [2.24, 2.45) is 25.6 Å². The minimum Gasteiger partial charge on any atom is -0.385 e. The number of amides is 2. The maximum absolute atomic E-state index is 13.4. The number of hydrogen-bond donors (Lipinski definition) is 2. The molecule has 0 aliphatic heterocycles. The van der Waals surface area contributed by atoms with Crippen molar-refractivity contribution in [2.45, 2.75) is 65.2 Å². The van der Waals surface area contributed by atoms with Crippen molar-refractivity contribution >= 4 is 33.6 Å². The maximum Gasteiger partial charge on any atom is 0.333 e. The molecule has 0 atom stereocenters. The number of pyridine rings is 2. The Bertz CT molecular complexity index is 2810. The SMILES string of the molecule is COCCCn1nc(C)cc1-c1cn(C)c(-c2nc(C(N)=O)cc3c2cnn3C(F)F)n1.COCCCn1nc(C)cc1-c1cn(C)c(-c2nc(C(N)=O)cc3c2cnn3C2CC2)n1. The first-order valence-corrected chi connectivity index (χ1v) is 20.6. The van der Waals surface area contributed by atoms with Gasteiger partial charge in [0.25, 0.3) is 11.8 Å². The average molecular weight is 879 g/mol. The largest absolute Gasteiger partial charge is 0.385 e. The predicted molar refractivity (Wildman–Crippen MR) is 231 cm³/mol. The van der Waals surface area contributed by atoms with Crippen molar-refractivity contribution in [3.8, 4) is 45.8 Å². The molecule has 9 rings (SSSR count). The van der Waals surface area contributed by atoms with Crippen LogP contribution in [-0.2, 0) is 36.7 Å². The van der Waals surface area contributed by atoms with Crippen molar-refractivity contribution in [3.63, 3.8) is 0 Å². The van der Waals surface area contributed by atoms with Gasteiger partial charge in [-0.3, -0.25) is 23.6 Å². The van der Waals surface area contributed by atoms with Crippen molar-refractivity contribution in [1.82, 2.24) is 68.2 Å². The zero-order valence-corrected chi connectivity index (χ0v) is 36.2. The lowest BCUT2D eigenvalue weighted by atomic mass is 10.2. The topological polar surface area (TPSA) is 237 Å². The quantitative estimate of drug-likeness (QED) is 0.122. The van der Waals surface area contributed by atoms with Crippen LogP contribution in [-0.4, -0.2) is 107 Å². The smallest absolute Gasteiger partial charge is 0.333 e. The molecule has 8 aromatic rings. The molecule has 2 amide bonds. The first-order valence-electron chi connectivity index (χ1n) is 20.6. The fraction of sp³-hybridized carbons (Fsp3) is 0.381. The molecule has 0 aromatic carbocycles. The van der Waals surface area contributed by atoms with Crippen LogP contribution < -0.4 is 11.5 Å². The molecule has 0 radical (unpaired) electrons. The number of ether oxygens (including phenoxy) is 2. The number of halogens is 2. The third-order valence-corrected chi connectivity index (χ3v) is 10.7. The first kappa shape index (κ1) is 43.4. The van der Waals surface area contributed by atoms with Crippen LogP contribution >= 0.6 is 0 Å². The van der Waals surface area contributed by atoms with Gasteiger partial charge in [-0.15, -0.1) is 0 Å². The van der Waals surface area contributed by atoms with Crippen LogP contribution in [0.1, 0.15) is 70.6 Å². The zero-order chi connectivity index (χ0) is 45.4. The number of fused-ring (bicyclic) bond motifs is 2. The number of nitrogens with zero attached hydrogens (tertiary/aromatic N) is 14. The van der Waals surface area contributed by atoms with Gasteiger partial charge in [-0.25, -0.2) is 24.6 Å². The van der Waals surface area contributed by atoms with E-state index in [1.165, 1.54) is 12.3 Å². The molecule has 8 heterocycles. The second-order valence-corrected chi connectivity index (χ2v) is 15.6. The molecule has 1 fully saturated rings. The van der Waals surface area contributed by atoms with Crippen molar-refractivity contribution in [2.75, 3.05) is 27.4 Å². The molecule has 22 heteroatoms. The highest BCUT2D eigenvalue weighted by Gasteiger charge is 2.29. The molecule has 1 aliphatic carbocycles. The number of primary amides is 2. The first-order chi connectivity index (χ1) is 30.8. The van der Waals surface area contributed by atoms with E-state index >= 15 is 0 Å². The van der Waals surface area contributed by atoms with E-state index in [-0.39, 0.29) is 22.6 Å². The number of rotatable bonds is 16. The van der Waals surface area contributed by atoms with Crippen molar-refractivity contribution in [1.29, 1.82) is 0 Å². The number of alkyl halides is 2. The Hall–Kier alpha value is -7.20. The van der Waals surface area contributed by atoms with Crippen LogP contribution in [0, 0.1) is 13.8 Å². The Morgan fingerprint density at radius 3 is 1.64 bits per heavy atom. The number of imidazole rings is 2. The monoisotopic (exact) mass is 878 g/mol. The van der Waals surface area contributed by atoms with Crippen LogP contribution in [0.3, 0.4) is 0 Å². The molecule has 20 nitrogen and oxygen atoms in total. The number of carbonyl (C=O) groups excluding carboxylic acids is 2. The fourth-order valence-corrected chi connectivity index (χ4v) is 7.62. The number of methoxy groups -OCH3 is 2. The number of nitrogens with two attached hydrogens (primary N) is 2.